The molecule has 0 amide bonds. The van der Waals surface area contributed by atoms with Gasteiger partial charge in [0.15, 0.2) is 37.9 Å². The molecule has 170 valence electrons. The zero-order valence-electron chi connectivity index (χ0n) is 17.0. The van der Waals surface area contributed by atoms with Gasteiger partial charge in [-0.2, -0.15) is 0 Å². The van der Waals surface area contributed by atoms with Crippen molar-refractivity contribution in [2.75, 3.05) is 0 Å². The Labute approximate surface area is 250 Å². The van der Waals surface area contributed by atoms with E-state index in [1.165, 1.54) is 22.3 Å². The van der Waals surface area contributed by atoms with E-state index >= 15 is 0 Å². The summed E-state index contributed by atoms with van der Waals surface area (Å²) in [5.74, 6) is 0. The Morgan fingerprint density at radius 1 is 0.469 bits per heavy atom. The molecule has 0 saturated heterocycles. The summed E-state index contributed by atoms with van der Waals surface area (Å²) in [6, 6.07) is 29.8. The monoisotopic (exact) mass is 1100 g/mol. The minimum Gasteiger partial charge on any atom is -0.201 e. The van der Waals surface area contributed by atoms with E-state index in [1.807, 2.05) is 0 Å². The molecule has 0 unspecified atom stereocenters. The molecular weight excluding hydrogens is 1080 g/mol. The molecule has 32 heavy (non-hydrogen) atoms. The van der Waals surface area contributed by atoms with E-state index in [0.29, 0.717) is 26.5 Å². The van der Waals surface area contributed by atoms with Crippen LogP contribution in [0.25, 0.3) is 11.1 Å². The molecular formula is C24H22I6N2. The third kappa shape index (κ3) is 11.7. The standard InChI is InChI=1S/C24H22N2.2I3/c1-3-7-21(8-4-1)19-25-15-11-23(12-16-25)24-13-17-26(18-14-24)20-22-9-5-2-6-10-22;2*1-3-2/h1-18H,19-20H2;;/q+2;2*-1. The van der Waals surface area contributed by atoms with Gasteiger partial charge in [-0.25, -0.2) is 9.13 Å². The molecule has 2 nitrogen and oxygen atoms in total. The number of aromatic nitrogens is 2. The van der Waals surface area contributed by atoms with Crippen LogP contribution in [0.15, 0.2) is 110 Å². The van der Waals surface area contributed by atoms with Crippen molar-refractivity contribution < 1.29 is 35.6 Å². The van der Waals surface area contributed by atoms with Crippen LogP contribution in [0.5, 0.6) is 0 Å². The van der Waals surface area contributed by atoms with Gasteiger partial charge in [0.2, 0.25) is 0 Å². The summed E-state index contributed by atoms with van der Waals surface area (Å²) in [4.78, 5) is 0. The molecule has 2 heterocycles. The van der Waals surface area contributed by atoms with E-state index in [2.05, 4.69) is 193 Å². The Kier molecular flexibility index (Phi) is 16.9. The van der Waals surface area contributed by atoms with Gasteiger partial charge in [-0.3, -0.25) is 0 Å². The topological polar surface area (TPSA) is 7.76 Å². The van der Waals surface area contributed by atoms with Crippen molar-refractivity contribution >= 4 is 74.5 Å². The molecule has 0 saturated carbocycles. The zero-order chi connectivity index (χ0) is 23.0. The predicted octanol–water partition coefficient (Wildman–Crippen LogP) is 1.58. The van der Waals surface area contributed by atoms with Crippen molar-refractivity contribution in [2.24, 2.45) is 0 Å². The van der Waals surface area contributed by atoms with E-state index in [4.69, 9.17) is 0 Å². The summed E-state index contributed by atoms with van der Waals surface area (Å²) in [7, 11) is 0. The third-order valence-corrected chi connectivity index (χ3v) is 4.53. The summed E-state index contributed by atoms with van der Waals surface area (Å²) in [6.07, 6.45) is 8.58. The van der Waals surface area contributed by atoms with E-state index in [9.17, 15) is 0 Å². The van der Waals surface area contributed by atoms with Gasteiger partial charge >= 0.3 is 101 Å². The molecule has 8 heteroatoms. The zero-order valence-corrected chi connectivity index (χ0v) is 29.9. The van der Waals surface area contributed by atoms with Gasteiger partial charge < -0.3 is 0 Å². The maximum atomic E-state index is 2.39. The molecule has 0 bridgehead atoms. The van der Waals surface area contributed by atoms with Crippen LogP contribution in [0.2, 0.25) is 0 Å². The van der Waals surface area contributed by atoms with Crippen LogP contribution < -0.4 is 35.6 Å². The fraction of sp³-hybridized carbons (Fsp3) is 0.0833. The Bertz CT molecular complexity index is 913. The average molecular weight is 1100 g/mol. The second-order valence-electron chi connectivity index (χ2n) is 6.60. The maximum absolute atomic E-state index is 2.39. The van der Waals surface area contributed by atoms with Gasteiger partial charge in [-0.05, 0) is 11.1 Å². The Balaban J connectivity index is 0.000000547. The van der Waals surface area contributed by atoms with Crippen LogP contribution in [-0.4, -0.2) is 0 Å². The second kappa shape index (κ2) is 18.4. The molecule has 0 aliphatic rings. The number of nitrogens with zero attached hydrogens (tertiary/aromatic N) is 2. The Morgan fingerprint density at radius 2 is 0.750 bits per heavy atom. The van der Waals surface area contributed by atoms with Crippen LogP contribution in [-0.2, 0) is 13.1 Å². The van der Waals surface area contributed by atoms with Crippen molar-refractivity contribution in [1.82, 2.24) is 0 Å². The van der Waals surface area contributed by atoms with Crippen molar-refractivity contribution in [3.05, 3.63) is 121 Å². The quantitative estimate of drug-likeness (QED) is 0.212. The minimum absolute atomic E-state index is 0.530. The Morgan fingerprint density at radius 3 is 1.03 bits per heavy atom. The van der Waals surface area contributed by atoms with Crippen LogP contribution in [0.1, 0.15) is 11.1 Å². The first-order chi connectivity index (χ1) is 15.7. The van der Waals surface area contributed by atoms with E-state index < -0.39 is 0 Å². The van der Waals surface area contributed by atoms with Gasteiger partial charge in [0.05, 0.1) is 0 Å². The summed E-state index contributed by atoms with van der Waals surface area (Å²) in [5.41, 5.74) is 5.10. The molecule has 4 aromatic rings. The van der Waals surface area contributed by atoms with Crippen LogP contribution in [0, 0.1) is 0 Å². The fourth-order valence-electron chi connectivity index (χ4n) is 3.10. The van der Waals surface area contributed by atoms with Crippen LogP contribution in [0.3, 0.4) is 0 Å². The molecule has 2 aromatic heterocycles. The number of rotatable bonds is 5. The molecule has 0 N–H and O–H groups in total. The van der Waals surface area contributed by atoms with Gasteiger partial charge in [-0.1, -0.05) is 60.7 Å². The molecule has 0 radical (unpaired) electrons. The van der Waals surface area contributed by atoms with Crippen LogP contribution >= 0.6 is 74.5 Å². The van der Waals surface area contributed by atoms with Crippen molar-refractivity contribution in [1.29, 1.82) is 0 Å². The number of halogens is 6. The normalized spacial score (nSPS) is 10.0. The minimum atomic E-state index is 0.530. The number of pyridine rings is 2. The van der Waals surface area contributed by atoms with Gasteiger partial charge in [0.25, 0.3) is 0 Å². The summed E-state index contributed by atoms with van der Waals surface area (Å²) < 4.78 is 4.41. The smallest absolute Gasteiger partial charge is 0.173 e. The molecule has 2 aromatic carbocycles. The van der Waals surface area contributed by atoms with Gasteiger partial charge in [0, 0.05) is 35.4 Å². The number of hydrogen-bond acceptors (Lipinski definition) is 0. The van der Waals surface area contributed by atoms with Gasteiger partial charge in [0.1, 0.15) is 0 Å². The average Bonchev–Trinajstić information content (AvgIpc) is 2.83. The largest absolute Gasteiger partial charge is 0.201 e. The molecule has 0 aliphatic heterocycles. The third-order valence-electron chi connectivity index (χ3n) is 4.53. The molecule has 0 atom stereocenters. The summed E-state index contributed by atoms with van der Waals surface area (Å²) >= 11 is 10.6. The Hall–Kier alpha value is 1.12. The van der Waals surface area contributed by atoms with Crippen molar-refractivity contribution in [3.63, 3.8) is 0 Å². The number of hydrogen-bond donors (Lipinski definition) is 0. The van der Waals surface area contributed by atoms with Crippen molar-refractivity contribution in [2.45, 2.75) is 13.1 Å². The first-order valence-corrected chi connectivity index (χ1v) is 34.6. The first kappa shape index (κ1) is 29.4. The second-order valence-corrected chi connectivity index (χ2v) is 39.1. The molecule has 4 rings (SSSR count). The maximum Gasteiger partial charge on any atom is 0.173 e. The first-order valence-electron chi connectivity index (χ1n) is 9.50. The number of benzene rings is 2. The van der Waals surface area contributed by atoms with E-state index in [-0.39, 0.29) is 0 Å². The van der Waals surface area contributed by atoms with E-state index in [0.717, 1.165) is 13.1 Å². The summed E-state index contributed by atoms with van der Waals surface area (Å²) in [5, 5.41) is 0. The molecule has 0 spiro atoms. The molecule has 0 aliphatic carbocycles. The van der Waals surface area contributed by atoms with Crippen LogP contribution in [0.4, 0.5) is 0 Å². The fourth-order valence-corrected chi connectivity index (χ4v) is 3.10. The SMILES string of the molecule is I[I-]I.I[I-]I.c1ccc(C[n+]2ccc(-c3cc[n+](Cc4ccccc4)cc3)cc2)cc1. The van der Waals surface area contributed by atoms with Crippen molar-refractivity contribution in [3.8, 4) is 11.1 Å². The predicted molar refractivity (Wildman–Crippen MR) is 159 cm³/mol. The molecule has 0 fully saturated rings. The van der Waals surface area contributed by atoms with Gasteiger partial charge in [-0.15, -0.1) is 0 Å². The summed E-state index contributed by atoms with van der Waals surface area (Å²) in [6.45, 7) is 1.79. The van der Waals surface area contributed by atoms with E-state index in [1.54, 1.807) is 0 Å².